The van der Waals surface area contributed by atoms with Crippen molar-refractivity contribution in [2.24, 2.45) is 0 Å². The molecule has 4 heterocycles. The first-order valence-corrected chi connectivity index (χ1v) is 13.1. The van der Waals surface area contributed by atoms with Gasteiger partial charge in [0.15, 0.2) is 5.69 Å². The van der Waals surface area contributed by atoms with E-state index in [2.05, 4.69) is 30.4 Å². The standard InChI is InChI=1S/C28H32F3N7O/c1-19-16-23(26-34-25(36-39-26)21-7-9-22(10-8-21)27(2,3)28(29,30)31)35-38(19)18-20-6-11-24(33-17-20)32-12-15-37-13-4-5-14-37/h6-11,16-17H,4-5,12-15,18H2,1-3H3,(H,32,33). The van der Waals surface area contributed by atoms with Crippen LogP contribution in [0.2, 0.25) is 0 Å². The first-order valence-electron chi connectivity index (χ1n) is 13.1. The Morgan fingerprint density at radius 2 is 1.77 bits per heavy atom. The van der Waals surface area contributed by atoms with E-state index in [0.29, 0.717) is 17.8 Å². The monoisotopic (exact) mass is 539 g/mol. The molecule has 0 amide bonds. The van der Waals surface area contributed by atoms with E-state index in [0.717, 1.165) is 44.0 Å². The van der Waals surface area contributed by atoms with E-state index in [-0.39, 0.29) is 17.3 Å². The molecule has 8 nitrogen and oxygen atoms in total. The van der Waals surface area contributed by atoms with Gasteiger partial charge < -0.3 is 14.7 Å². The summed E-state index contributed by atoms with van der Waals surface area (Å²) in [5.74, 6) is 1.37. The number of pyridine rings is 1. The van der Waals surface area contributed by atoms with Crippen LogP contribution < -0.4 is 5.32 Å². The molecule has 0 bridgehead atoms. The zero-order valence-electron chi connectivity index (χ0n) is 22.3. The molecule has 0 saturated carbocycles. The Kier molecular flexibility index (Phi) is 7.44. The average molecular weight is 540 g/mol. The highest BCUT2D eigenvalue weighted by atomic mass is 19.4. The maximum Gasteiger partial charge on any atom is 0.397 e. The fraction of sp³-hybridized carbons (Fsp3) is 0.429. The molecular formula is C28H32F3N7O. The summed E-state index contributed by atoms with van der Waals surface area (Å²) < 4.78 is 47.3. The van der Waals surface area contributed by atoms with E-state index in [4.69, 9.17) is 4.52 Å². The van der Waals surface area contributed by atoms with E-state index in [1.165, 1.54) is 38.1 Å². The Labute approximate surface area is 225 Å². The molecule has 1 aliphatic heterocycles. The van der Waals surface area contributed by atoms with Gasteiger partial charge in [0.2, 0.25) is 5.82 Å². The minimum absolute atomic E-state index is 0.164. The topological polar surface area (TPSA) is 84.9 Å². The van der Waals surface area contributed by atoms with Crippen LogP contribution in [0.15, 0.2) is 53.2 Å². The van der Waals surface area contributed by atoms with Gasteiger partial charge in [-0.3, -0.25) is 4.68 Å². The third-order valence-electron chi connectivity index (χ3n) is 7.29. The fourth-order valence-electron chi connectivity index (χ4n) is 4.56. The van der Waals surface area contributed by atoms with Gasteiger partial charge in [0.1, 0.15) is 5.82 Å². The maximum atomic E-state index is 13.4. The van der Waals surface area contributed by atoms with Crippen molar-refractivity contribution >= 4 is 5.82 Å². The van der Waals surface area contributed by atoms with Gasteiger partial charge in [-0.2, -0.15) is 23.3 Å². The second kappa shape index (κ2) is 10.8. The number of nitrogens with zero attached hydrogens (tertiary/aromatic N) is 6. The van der Waals surface area contributed by atoms with Crippen LogP contribution >= 0.6 is 0 Å². The van der Waals surface area contributed by atoms with Crippen molar-refractivity contribution < 1.29 is 17.7 Å². The van der Waals surface area contributed by atoms with Crippen molar-refractivity contribution in [1.82, 2.24) is 29.8 Å². The Hall–Kier alpha value is -3.73. The first-order chi connectivity index (χ1) is 18.6. The molecule has 1 aliphatic rings. The Morgan fingerprint density at radius 1 is 1.03 bits per heavy atom. The summed E-state index contributed by atoms with van der Waals surface area (Å²) in [6, 6.07) is 11.9. The average Bonchev–Trinajstić information content (AvgIpc) is 3.67. The van der Waals surface area contributed by atoms with Crippen LogP contribution in [-0.4, -0.2) is 62.2 Å². The molecule has 1 fully saturated rings. The van der Waals surface area contributed by atoms with Gasteiger partial charge >= 0.3 is 6.18 Å². The lowest BCUT2D eigenvalue weighted by Crippen LogP contribution is -2.36. The summed E-state index contributed by atoms with van der Waals surface area (Å²) in [4.78, 5) is 11.4. The van der Waals surface area contributed by atoms with Crippen molar-refractivity contribution in [2.45, 2.75) is 51.7 Å². The molecule has 1 N–H and O–H groups in total. The van der Waals surface area contributed by atoms with E-state index in [1.807, 2.05) is 36.0 Å². The summed E-state index contributed by atoms with van der Waals surface area (Å²) in [5.41, 5.74) is 1.20. The molecule has 0 spiro atoms. The number of rotatable bonds is 9. The van der Waals surface area contributed by atoms with Crippen LogP contribution in [0.3, 0.4) is 0 Å². The van der Waals surface area contributed by atoms with E-state index < -0.39 is 11.6 Å². The number of hydrogen-bond acceptors (Lipinski definition) is 7. The third kappa shape index (κ3) is 5.98. The van der Waals surface area contributed by atoms with Crippen molar-refractivity contribution in [3.8, 4) is 23.0 Å². The summed E-state index contributed by atoms with van der Waals surface area (Å²) >= 11 is 0. The molecule has 11 heteroatoms. The summed E-state index contributed by atoms with van der Waals surface area (Å²) in [6.45, 7) is 9.05. The molecule has 4 aromatic rings. The number of aromatic nitrogens is 5. The lowest BCUT2D eigenvalue weighted by atomic mass is 9.83. The van der Waals surface area contributed by atoms with Gasteiger partial charge in [-0.05, 0) is 70.0 Å². The van der Waals surface area contributed by atoms with E-state index >= 15 is 0 Å². The van der Waals surface area contributed by atoms with Gasteiger partial charge in [0, 0.05) is 30.5 Å². The highest BCUT2D eigenvalue weighted by Crippen LogP contribution is 2.40. The van der Waals surface area contributed by atoms with Crippen LogP contribution in [0.25, 0.3) is 23.0 Å². The fourth-order valence-corrected chi connectivity index (χ4v) is 4.56. The van der Waals surface area contributed by atoms with Gasteiger partial charge in [-0.15, -0.1) is 0 Å². The number of benzene rings is 1. The van der Waals surface area contributed by atoms with Gasteiger partial charge in [-0.25, -0.2) is 4.98 Å². The summed E-state index contributed by atoms with van der Waals surface area (Å²) in [7, 11) is 0. The molecule has 5 rings (SSSR count). The number of likely N-dealkylation sites (tertiary alicyclic amines) is 1. The van der Waals surface area contributed by atoms with Crippen LogP contribution in [0, 0.1) is 6.92 Å². The smallest absolute Gasteiger partial charge is 0.369 e. The molecule has 0 radical (unpaired) electrons. The van der Waals surface area contributed by atoms with E-state index in [9.17, 15) is 13.2 Å². The zero-order chi connectivity index (χ0) is 27.6. The highest BCUT2D eigenvalue weighted by molar-refractivity contribution is 5.58. The maximum absolute atomic E-state index is 13.4. The molecular weight excluding hydrogens is 507 g/mol. The lowest BCUT2D eigenvalue weighted by Gasteiger charge is -2.28. The van der Waals surface area contributed by atoms with Gasteiger partial charge in [-0.1, -0.05) is 35.5 Å². The molecule has 39 heavy (non-hydrogen) atoms. The number of nitrogens with one attached hydrogen (secondary N) is 1. The van der Waals surface area contributed by atoms with E-state index in [1.54, 1.807) is 12.1 Å². The van der Waals surface area contributed by atoms with Crippen molar-refractivity contribution in [3.05, 3.63) is 65.5 Å². The summed E-state index contributed by atoms with van der Waals surface area (Å²) in [5, 5.41) is 12.0. The van der Waals surface area contributed by atoms with Crippen molar-refractivity contribution in [1.29, 1.82) is 0 Å². The number of hydrogen-bond donors (Lipinski definition) is 1. The van der Waals surface area contributed by atoms with Crippen LogP contribution in [-0.2, 0) is 12.0 Å². The number of anilines is 1. The minimum atomic E-state index is -4.35. The second-order valence-corrected chi connectivity index (χ2v) is 10.5. The Bertz CT molecular complexity index is 1390. The molecule has 3 aromatic heterocycles. The number of alkyl halides is 3. The van der Waals surface area contributed by atoms with Gasteiger partial charge in [0.05, 0.1) is 12.0 Å². The normalized spacial score (nSPS) is 14.7. The largest absolute Gasteiger partial charge is 0.397 e. The number of halogens is 3. The minimum Gasteiger partial charge on any atom is -0.369 e. The SMILES string of the molecule is Cc1cc(-c2nc(-c3ccc(C(C)(C)C(F)(F)F)cc3)no2)nn1Cc1ccc(NCCN2CCCC2)nc1. The highest BCUT2D eigenvalue weighted by Gasteiger charge is 2.48. The van der Waals surface area contributed by atoms with Gasteiger partial charge in [0.25, 0.3) is 5.89 Å². The van der Waals surface area contributed by atoms with Crippen LogP contribution in [0.1, 0.15) is 43.5 Å². The van der Waals surface area contributed by atoms with Crippen LogP contribution in [0.5, 0.6) is 0 Å². The quantitative estimate of drug-likeness (QED) is 0.292. The Balaban J connectivity index is 1.22. The summed E-state index contributed by atoms with van der Waals surface area (Å²) in [6.07, 6.45) is 0.0614. The van der Waals surface area contributed by atoms with Crippen molar-refractivity contribution in [3.63, 3.8) is 0 Å². The number of aryl methyl sites for hydroxylation is 1. The molecule has 0 aliphatic carbocycles. The predicted octanol–water partition coefficient (Wildman–Crippen LogP) is 5.70. The lowest BCUT2D eigenvalue weighted by molar-refractivity contribution is -0.180. The molecule has 1 aromatic carbocycles. The molecule has 0 atom stereocenters. The predicted molar refractivity (Wildman–Crippen MR) is 142 cm³/mol. The molecule has 206 valence electrons. The Morgan fingerprint density at radius 3 is 2.44 bits per heavy atom. The molecule has 1 saturated heterocycles. The zero-order valence-corrected chi connectivity index (χ0v) is 22.3. The van der Waals surface area contributed by atoms with Crippen molar-refractivity contribution in [2.75, 3.05) is 31.5 Å². The third-order valence-corrected chi connectivity index (χ3v) is 7.29. The first kappa shape index (κ1) is 26.9. The second-order valence-electron chi connectivity index (χ2n) is 10.5. The van der Waals surface area contributed by atoms with Crippen LogP contribution in [0.4, 0.5) is 19.0 Å². The molecule has 0 unspecified atom stereocenters.